The second-order valence-electron chi connectivity index (χ2n) is 7.14. The smallest absolute Gasteiger partial charge is 0.229 e. The Kier molecular flexibility index (Phi) is 5.64. The van der Waals surface area contributed by atoms with Crippen molar-refractivity contribution in [3.05, 3.63) is 35.9 Å². The van der Waals surface area contributed by atoms with Crippen molar-refractivity contribution in [1.82, 2.24) is 0 Å². The molecular formula is C20H24ClNO6. The van der Waals surface area contributed by atoms with Crippen molar-refractivity contribution in [2.24, 2.45) is 0 Å². The van der Waals surface area contributed by atoms with Gasteiger partial charge in [-0.3, -0.25) is 0 Å². The molecule has 2 aromatic carbocycles. The molecule has 152 valence electrons. The second kappa shape index (κ2) is 8.02. The molecule has 0 bridgehead atoms. The van der Waals surface area contributed by atoms with Crippen LogP contribution < -0.4 is 10.1 Å². The van der Waals surface area contributed by atoms with Crippen LogP contribution in [0.5, 0.6) is 5.75 Å². The summed E-state index contributed by atoms with van der Waals surface area (Å²) in [7, 11) is 1.38. The van der Waals surface area contributed by atoms with Gasteiger partial charge < -0.3 is 34.8 Å². The van der Waals surface area contributed by atoms with Crippen LogP contribution in [0.3, 0.4) is 0 Å². The van der Waals surface area contributed by atoms with Crippen LogP contribution >= 0.6 is 11.6 Å². The molecule has 0 spiro atoms. The van der Waals surface area contributed by atoms with Crippen LogP contribution in [0, 0.1) is 0 Å². The largest absolute Gasteiger partial charge is 0.461 e. The molecule has 4 N–H and O–H groups in total. The van der Waals surface area contributed by atoms with Gasteiger partial charge in [-0.1, -0.05) is 24.3 Å². The van der Waals surface area contributed by atoms with Crippen molar-refractivity contribution in [2.75, 3.05) is 31.5 Å². The average Bonchev–Trinajstić information content (AvgIpc) is 3.13. The Hall–Kier alpha value is -1.61. The lowest BCUT2D eigenvalue weighted by Gasteiger charge is -2.41. The fraction of sp³-hybridized carbons (Fsp3) is 0.500. The summed E-state index contributed by atoms with van der Waals surface area (Å²) in [5, 5.41) is 35.5. The molecule has 2 aliphatic rings. The van der Waals surface area contributed by atoms with Crippen LogP contribution in [0.15, 0.2) is 30.3 Å². The van der Waals surface area contributed by atoms with Gasteiger partial charge in [0.25, 0.3) is 0 Å². The molecule has 0 aliphatic carbocycles. The van der Waals surface area contributed by atoms with Crippen LogP contribution in [-0.4, -0.2) is 72.2 Å². The quantitative estimate of drug-likeness (QED) is 0.554. The first-order valence-corrected chi connectivity index (χ1v) is 9.79. The van der Waals surface area contributed by atoms with Gasteiger partial charge in [-0.05, 0) is 10.9 Å². The Morgan fingerprint density at radius 2 is 1.96 bits per heavy atom. The number of rotatable bonds is 5. The zero-order valence-corrected chi connectivity index (χ0v) is 16.2. The minimum atomic E-state index is -1.22. The standard InChI is InChI=1S/C20H24ClNO6/c1-26-19-17(24)15(9-23)28-20(18(19)25)27-14-6-13-16(10(7-21)8-22-13)12-5-3-2-4-11(12)14/h2-6,10,15,17-20,22-25H,7-9H2,1H3/t10-,15?,17?,18?,19?,20?/m1/s1. The summed E-state index contributed by atoms with van der Waals surface area (Å²) in [6.45, 7) is 0.330. The number of nitrogens with one attached hydrogen (secondary N) is 1. The normalized spacial score (nSPS) is 32.2. The van der Waals surface area contributed by atoms with Crippen molar-refractivity contribution >= 4 is 28.1 Å². The molecule has 2 aromatic rings. The molecule has 2 heterocycles. The molecule has 0 radical (unpaired) electrons. The number of anilines is 1. The van der Waals surface area contributed by atoms with Crippen LogP contribution in [0.2, 0.25) is 0 Å². The van der Waals surface area contributed by atoms with E-state index in [1.54, 1.807) is 0 Å². The predicted molar refractivity (Wildman–Crippen MR) is 105 cm³/mol. The molecule has 1 fully saturated rings. The number of benzene rings is 2. The monoisotopic (exact) mass is 409 g/mol. The molecule has 0 amide bonds. The summed E-state index contributed by atoms with van der Waals surface area (Å²) in [4.78, 5) is 0. The van der Waals surface area contributed by atoms with Gasteiger partial charge in [-0.15, -0.1) is 11.6 Å². The van der Waals surface area contributed by atoms with Crippen molar-refractivity contribution in [2.45, 2.75) is 36.6 Å². The first-order chi connectivity index (χ1) is 13.6. The molecular weight excluding hydrogens is 386 g/mol. The minimum absolute atomic E-state index is 0.207. The first kappa shape index (κ1) is 19.7. The number of aliphatic hydroxyl groups excluding tert-OH is 3. The molecule has 4 rings (SSSR count). The van der Waals surface area contributed by atoms with E-state index in [0.717, 1.165) is 28.6 Å². The number of halogens is 1. The van der Waals surface area contributed by atoms with E-state index in [1.165, 1.54) is 7.11 Å². The third-order valence-electron chi connectivity index (χ3n) is 5.52. The molecule has 0 saturated carbocycles. The number of fused-ring (bicyclic) bond motifs is 3. The number of hydrogen-bond donors (Lipinski definition) is 4. The fourth-order valence-corrected chi connectivity index (χ4v) is 4.33. The lowest BCUT2D eigenvalue weighted by molar-refractivity contribution is -0.281. The highest BCUT2D eigenvalue weighted by Crippen LogP contribution is 2.43. The Bertz CT molecular complexity index is 849. The van der Waals surface area contributed by atoms with E-state index in [0.29, 0.717) is 11.6 Å². The highest BCUT2D eigenvalue weighted by Gasteiger charge is 2.46. The summed E-state index contributed by atoms with van der Waals surface area (Å²) in [6, 6.07) is 9.71. The lowest BCUT2D eigenvalue weighted by Crippen LogP contribution is -2.60. The van der Waals surface area contributed by atoms with E-state index < -0.39 is 37.3 Å². The summed E-state index contributed by atoms with van der Waals surface area (Å²) < 4.78 is 16.9. The molecule has 1 saturated heterocycles. The maximum atomic E-state index is 10.6. The summed E-state index contributed by atoms with van der Waals surface area (Å²) in [5.74, 6) is 1.25. The molecule has 28 heavy (non-hydrogen) atoms. The average molecular weight is 410 g/mol. The number of ether oxygens (including phenoxy) is 3. The maximum absolute atomic E-state index is 10.6. The van der Waals surface area contributed by atoms with Crippen molar-refractivity contribution in [1.29, 1.82) is 0 Å². The van der Waals surface area contributed by atoms with Gasteiger partial charge in [0.1, 0.15) is 30.2 Å². The van der Waals surface area contributed by atoms with Crippen molar-refractivity contribution in [3.8, 4) is 5.75 Å². The number of aliphatic hydroxyl groups is 3. The Morgan fingerprint density at radius 3 is 2.64 bits per heavy atom. The van der Waals surface area contributed by atoms with E-state index in [1.807, 2.05) is 30.3 Å². The molecule has 2 aliphatic heterocycles. The van der Waals surface area contributed by atoms with Gasteiger partial charge >= 0.3 is 0 Å². The second-order valence-corrected chi connectivity index (χ2v) is 7.45. The summed E-state index contributed by atoms with van der Waals surface area (Å²) in [6.07, 6.45) is -5.34. The Balaban J connectivity index is 1.71. The van der Waals surface area contributed by atoms with E-state index in [2.05, 4.69) is 5.32 Å². The topological polar surface area (TPSA) is 100 Å². The lowest BCUT2D eigenvalue weighted by atomic mass is 9.95. The van der Waals surface area contributed by atoms with Gasteiger partial charge in [0.2, 0.25) is 6.29 Å². The van der Waals surface area contributed by atoms with Crippen molar-refractivity contribution in [3.63, 3.8) is 0 Å². The first-order valence-electron chi connectivity index (χ1n) is 9.26. The third-order valence-corrected chi connectivity index (χ3v) is 5.89. The zero-order chi connectivity index (χ0) is 19.8. The maximum Gasteiger partial charge on any atom is 0.229 e. The fourth-order valence-electron chi connectivity index (χ4n) is 4.07. The third kappa shape index (κ3) is 3.22. The number of hydrogen-bond acceptors (Lipinski definition) is 7. The van der Waals surface area contributed by atoms with E-state index in [-0.39, 0.29) is 5.92 Å². The van der Waals surface area contributed by atoms with Crippen LogP contribution in [0.1, 0.15) is 11.5 Å². The van der Waals surface area contributed by atoms with E-state index in [9.17, 15) is 15.3 Å². The van der Waals surface area contributed by atoms with E-state index >= 15 is 0 Å². The summed E-state index contributed by atoms with van der Waals surface area (Å²) in [5.41, 5.74) is 2.09. The molecule has 0 aromatic heterocycles. The van der Waals surface area contributed by atoms with Gasteiger partial charge in [0.15, 0.2) is 0 Å². The van der Waals surface area contributed by atoms with Gasteiger partial charge in [0, 0.05) is 42.6 Å². The van der Waals surface area contributed by atoms with Gasteiger partial charge in [-0.25, -0.2) is 0 Å². The Labute approximate surface area is 167 Å². The van der Waals surface area contributed by atoms with Gasteiger partial charge in [0.05, 0.1) is 6.61 Å². The van der Waals surface area contributed by atoms with Crippen LogP contribution in [0.25, 0.3) is 10.8 Å². The SMILES string of the molecule is COC1C(O)C(CO)OC(Oc2cc3c(c4ccccc24)[C@H](CCl)CN3)C1O. The highest BCUT2D eigenvalue weighted by molar-refractivity contribution is 6.18. The van der Waals surface area contributed by atoms with Crippen LogP contribution in [-0.2, 0) is 9.47 Å². The number of methoxy groups -OCH3 is 1. The van der Waals surface area contributed by atoms with E-state index in [4.69, 9.17) is 25.8 Å². The highest BCUT2D eigenvalue weighted by atomic mass is 35.5. The Morgan fingerprint density at radius 1 is 1.21 bits per heavy atom. The van der Waals surface area contributed by atoms with Crippen molar-refractivity contribution < 1.29 is 29.5 Å². The molecule has 5 unspecified atom stereocenters. The summed E-state index contributed by atoms with van der Waals surface area (Å²) >= 11 is 6.14. The molecule has 7 nitrogen and oxygen atoms in total. The predicted octanol–water partition coefficient (Wildman–Crippen LogP) is 1.42. The minimum Gasteiger partial charge on any atom is -0.461 e. The molecule has 6 atom stereocenters. The van der Waals surface area contributed by atoms with Gasteiger partial charge in [-0.2, -0.15) is 0 Å². The molecule has 8 heteroatoms. The zero-order valence-electron chi connectivity index (χ0n) is 15.4. The van der Waals surface area contributed by atoms with Crippen LogP contribution in [0.4, 0.5) is 5.69 Å². The number of alkyl halides is 1.